The predicted octanol–water partition coefficient (Wildman–Crippen LogP) is 2.23. The van der Waals surface area contributed by atoms with E-state index in [2.05, 4.69) is 25.2 Å². The zero-order valence-electron chi connectivity index (χ0n) is 10.8. The van der Waals surface area contributed by atoms with E-state index in [0.717, 1.165) is 5.56 Å². The van der Waals surface area contributed by atoms with Gasteiger partial charge in [-0.3, -0.25) is 4.79 Å². The normalized spacial score (nSPS) is 10.6. The molecule has 1 amide bonds. The fraction of sp³-hybridized carbons (Fsp3) is 0.500. The Morgan fingerprint density at radius 1 is 1.41 bits per heavy atom. The second kappa shape index (κ2) is 6.40. The second-order valence-corrected chi connectivity index (χ2v) is 4.56. The summed E-state index contributed by atoms with van der Waals surface area (Å²) in [6.45, 7) is 6.84. The molecule has 2 N–H and O–H groups in total. The smallest absolute Gasteiger partial charge is 0.251 e. The van der Waals surface area contributed by atoms with Gasteiger partial charge in [0.05, 0.1) is 0 Å². The molecule has 1 aromatic carbocycles. The highest BCUT2D eigenvalue weighted by molar-refractivity contribution is 5.95. The van der Waals surface area contributed by atoms with Crippen molar-refractivity contribution in [2.24, 2.45) is 0 Å². The minimum absolute atomic E-state index is 0.0637. The fourth-order valence-electron chi connectivity index (χ4n) is 1.68. The first-order chi connectivity index (χ1) is 8.06. The van der Waals surface area contributed by atoms with Gasteiger partial charge in [-0.05, 0) is 36.5 Å². The molecule has 3 nitrogen and oxygen atoms in total. The summed E-state index contributed by atoms with van der Waals surface area (Å²) < 4.78 is 0. The van der Waals surface area contributed by atoms with Crippen molar-refractivity contribution >= 4 is 5.91 Å². The number of benzene rings is 1. The van der Waals surface area contributed by atoms with Crippen molar-refractivity contribution in [2.75, 3.05) is 13.2 Å². The molecule has 1 aromatic rings. The lowest BCUT2D eigenvalue weighted by Gasteiger charge is -2.11. The summed E-state index contributed by atoms with van der Waals surface area (Å²) in [4.78, 5) is 11.8. The topological polar surface area (TPSA) is 49.3 Å². The number of hydrogen-bond donors (Lipinski definition) is 2. The minimum atomic E-state index is -0.0637. The molecule has 17 heavy (non-hydrogen) atoms. The van der Waals surface area contributed by atoms with Crippen LogP contribution in [0.2, 0.25) is 0 Å². The molecule has 0 aliphatic carbocycles. The summed E-state index contributed by atoms with van der Waals surface area (Å²) in [6.07, 6.45) is 0.592. The second-order valence-electron chi connectivity index (χ2n) is 4.56. The van der Waals surface area contributed by atoms with Gasteiger partial charge in [0.25, 0.3) is 5.91 Å². The largest absolute Gasteiger partial charge is 0.396 e. The van der Waals surface area contributed by atoms with E-state index in [1.54, 1.807) is 0 Å². The van der Waals surface area contributed by atoms with Gasteiger partial charge in [0.15, 0.2) is 0 Å². The summed E-state index contributed by atoms with van der Waals surface area (Å²) in [5.74, 6) is 0.409. The van der Waals surface area contributed by atoms with Crippen LogP contribution in [0.1, 0.15) is 47.7 Å². The molecular weight excluding hydrogens is 214 g/mol. The monoisotopic (exact) mass is 235 g/mol. The van der Waals surface area contributed by atoms with Crippen molar-refractivity contribution in [2.45, 2.75) is 33.1 Å². The van der Waals surface area contributed by atoms with Crippen LogP contribution in [0.3, 0.4) is 0 Å². The van der Waals surface area contributed by atoms with Crippen molar-refractivity contribution in [3.8, 4) is 0 Å². The third-order valence-corrected chi connectivity index (χ3v) is 2.78. The van der Waals surface area contributed by atoms with Crippen LogP contribution in [0.15, 0.2) is 18.2 Å². The van der Waals surface area contributed by atoms with Crippen molar-refractivity contribution in [1.29, 1.82) is 0 Å². The van der Waals surface area contributed by atoms with Gasteiger partial charge in [-0.1, -0.05) is 26.0 Å². The molecule has 0 heterocycles. The standard InChI is InChI=1S/C14H21NO2/c1-10(2)12-5-6-13(11(3)9-12)14(17)15-7-4-8-16/h5-6,9-10,16H,4,7-8H2,1-3H3,(H,15,17). The molecule has 94 valence electrons. The fourth-order valence-corrected chi connectivity index (χ4v) is 1.68. The molecule has 1 rings (SSSR count). The molecular formula is C14H21NO2. The van der Waals surface area contributed by atoms with Crippen LogP contribution in [-0.4, -0.2) is 24.2 Å². The molecule has 0 radical (unpaired) electrons. The Balaban J connectivity index is 2.74. The Bertz CT molecular complexity index is 386. The van der Waals surface area contributed by atoms with E-state index in [1.807, 2.05) is 19.1 Å². The summed E-state index contributed by atoms with van der Waals surface area (Å²) in [5.41, 5.74) is 2.96. The third kappa shape index (κ3) is 3.86. The van der Waals surface area contributed by atoms with Gasteiger partial charge in [-0.25, -0.2) is 0 Å². The van der Waals surface area contributed by atoms with Crippen LogP contribution < -0.4 is 5.32 Å². The van der Waals surface area contributed by atoms with Gasteiger partial charge in [-0.2, -0.15) is 0 Å². The van der Waals surface area contributed by atoms with Crippen LogP contribution in [0.4, 0.5) is 0 Å². The van der Waals surface area contributed by atoms with Crippen LogP contribution >= 0.6 is 0 Å². The van der Waals surface area contributed by atoms with E-state index in [9.17, 15) is 4.79 Å². The first-order valence-corrected chi connectivity index (χ1v) is 6.06. The first kappa shape index (κ1) is 13.7. The van der Waals surface area contributed by atoms with Crippen LogP contribution in [0.25, 0.3) is 0 Å². The van der Waals surface area contributed by atoms with Crippen molar-refractivity contribution in [3.63, 3.8) is 0 Å². The number of rotatable bonds is 5. The number of amides is 1. The molecule has 0 atom stereocenters. The molecule has 0 saturated heterocycles. The minimum Gasteiger partial charge on any atom is -0.396 e. The number of carbonyl (C=O) groups is 1. The molecule has 3 heteroatoms. The maximum absolute atomic E-state index is 11.8. The van der Waals surface area contributed by atoms with E-state index in [1.165, 1.54) is 5.56 Å². The number of nitrogens with one attached hydrogen (secondary N) is 1. The van der Waals surface area contributed by atoms with Gasteiger partial charge < -0.3 is 10.4 Å². The lowest BCUT2D eigenvalue weighted by Crippen LogP contribution is -2.25. The molecule has 0 aliphatic heterocycles. The number of aliphatic hydroxyl groups excluding tert-OH is 1. The van der Waals surface area contributed by atoms with Gasteiger partial charge in [-0.15, -0.1) is 0 Å². The predicted molar refractivity (Wildman–Crippen MR) is 69.3 cm³/mol. The molecule has 0 aliphatic rings. The Hall–Kier alpha value is -1.35. The molecule has 0 bridgehead atoms. The van der Waals surface area contributed by atoms with Crippen LogP contribution in [0, 0.1) is 6.92 Å². The average molecular weight is 235 g/mol. The lowest BCUT2D eigenvalue weighted by molar-refractivity contribution is 0.0950. The van der Waals surface area contributed by atoms with E-state index < -0.39 is 0 Å². The van der Waals surface area contributed by atoms with Gasteiger partial charge in [0.2, 0.25) is 0 Å². The first-order valence-electron chi connectivity index (χ1n) is 6.06. The zero-order chi connectivity index (χ0) is 12.8. The number of aryl methyl sites for hydroxylation is 1. The summed E-state index contributed by atoms with van der Waals surface area (Å²) in [5, 5.41) is 11.4. The number of carbonyl (C=O) groups excluding carboxylic acids is 1. The lowest BCUT2D eigenvalue weighted by atomic mass is 9.98. The van der Waals surface area contributed by atoms with Crippen molar-refractivity contribution in [3.05, 3.63) is 34.9 Å². The van der Waals surface area contributed by atoms with E-state index in [4.69, 9.17) is 5.11 Å². The molecule has 0 aromatic heterocycles. The van der Waals surface area contributed by atoms with E-state index in [0.29, 0.717) is 24.4 Å². The van der Waals surface area contributed by atoms with E-state index in [-0.39, 0.29) is 12.5 Å². The highest BCUT2D eigenvalue weighted by Gasteiger charge is 2.09. The zero-order valence-corrected chi connectivity index (χ0v) is 10.8. The Morgan fingerprint density at radius 3 is 2.65 bits per heavy atom. The Labute approximate surface area is 103 Å². The van der Waals surface area contributed by atoms with Crippen LogP contribution in [-0.2, 0) is 0 Å². The van der Waals surface area contributed by atoms with Crippen molar-refractivity contribution in [1.82, 2.24) is 5.32 Å². The van der Waals surface area contributed by atoms with Crippen LogP contribution in [0.5, 0.6) is 0 Å². The van der Waals surface area contributed by atoms with Crippen molar-refractivity contribution < 1.29 is 9.90 Å². The summed E-state index contributed by atoms with van der Waals surface area (Å²) in [7, 11) is 0. The maximum Gasteiger partial charge on any atom is 0.251 e. The third-order valence-electron chi connectivity index (χ3n) is 2.78. The highest BCUT2D eigenvalue weighted by Crippen LogP contribution is 2.18. The Kier molecular flexibility index (Phi) is 5.16. The average Bonchev–Trinajstić information content (AvgIpc) is 2.28. The highest BCUT2D eigenvalue weighted by atomic mass is 16.3. The SMILES string of the molecule is Cc1cc(C(C)C)ccc1C(=O)NCCCO. The van der Waals surface area contributed by atoms with Gasteiger partial charge in [0.1, 0.15) is 0 Å². The summed E-state index contributed by atoms with van der Waals surface area (Å²) in [6, 6.07) is 5.93. The number of aliphatic hydroxyl groups is 1. The number of hydrogen-bond acceptors (Lipinski definition) is 2. The quantitative estimate of drug-likeness (QED) is 0.769. The molecule has 0 fully saturated rings. The summed E-state index contributed by atoms with van der Waals surface area (Å²) >= 11 is 0. The van der Waals surface area contributed by atoms with Gasteiger partial charge >= 0.3 is 0 Å². The van der Waals surface area contributed by atoms with Gasteiger partial charge in [0, 0.05) is 18.7 Å². The molecule has 0 saturated carbocycles. The Morgan fingerprint density at radius 2 is 2.12 bits per heavy atom. The molecule has 0 unspecified atom stereocenters. The van der Waals surface area contributed by atoms with E-state index >= 15 is 0 Å². The maximum atomic E-state index is 11.8. The molecule has 0 spiro atoms.